The predicted octanol–water partition coefficient (Wildman–Crippen LogP) is 3.57. The van der Waals surface area contributed by atoms with Gasteiger partial charge in [0.2, 0.25) is 0 Å². The molecule has 7 nitrogen and oxygen atoms in total. The Kier molecular flexibility index (Phi) is 5.38. The minimum absolute atomic E-state index is 0.0261. The number of amides is 1. The van der Waals surface area contributed by atoms with Gasteiger partial charge in [0.05, 0.1) is 32.7 Å². The van der Waals surface area contributed by atoms with E-state index < -0.39 is 0 Å². The fraction of sp³-hybridized carbons (Fsp3) is 0.409. The first-order valence-corrected chi connectivity index (χ1v) is 9.90. The van der Waals surface area contributed by atoms with Crippen molar-refractivity contribution in [3.63, 3.8) is 0 Å². The lowest BCUT2D eigenvalue weighted by atomic mass is 10.1. The second kappa shape index (κ2) is 8.11. The van der Waals surface area contributed by atoms with Gasteiger partial charge >= 0.3 is 0 Å². The predicted molar refractivity (Wildman–Crippen MR) is 110 cm³/mol. The van der Waals surface area contributed by atoms with Gasteiger partial charge in [0.25, 0.3) is 5.91 Å². The van der Waals surface area contributed by atoms with Crippen LogP contribution in [0.5, 0.6) is 11.5 Å². The Morgan fingerprint density at radius 1 is 1.21 bits per heavy atom. The van der Waals surface area contributed by atoms with E-state index in [-0.39, 0.29) is 11.9 Å². The maximum Gasteiger partial charge on any atom is 0.256 e. The molecular formula is C22H26N4O3. The molecule has 2 aromatic heterocycles. The number of carbonyl (C=O) groups is 1. The topological polar surface area (TPSA) is 69.5 Å². The number of fused-ring (bicyclic) bond motifs is 1. The highest BCUT2D eigenvalue weighted by Crippen LogP contribution is 2.34. The number of nitrogens with zero attached hydrogens (tertiary/aromatic N) is 4. The lowest BCUT2D eigenvalue weighted by molar-refractivity contribution is 0.0662. The van der Waals surface area contributed by atoms with Crippen LogP contribution in [0.25, 0.3) is 11.2 Å². The first-order chi connectivity index (χ1) is 14.1. The molecule has 7 heteroatoms. The first-order valence-electron chi connectivity index (χ1n) is 9.90. The lowest BCUT2D eigenvalue weighted by Gasteiger charge is -2.30. The number of hydrogen-bond acceptors (Lipinski definition) is 5. The monoisotopic (exact) mass is 394 g/mol. The van der Waals surface area contributed by atoms with Gasteiger partial charge in [-0.1, -0.05) is 25.0 Å². The van der Waals surface area contributed by atoms with Crippen molar-refractivity contribution in [3.8, 4) is 11.5 Å². The molecule has 3 aromatic rings. The molecule has 1 aromatic carbocycles. The Bertz CT molecular complexity index is 1020. The number of para-hydroxylation sites is 1. The highest BCUT2D eigenvalue weighted by Gasteiger charge is 2.29. The molecule has 0 aliphatic heterocycles. The molecular weight excluding hydrogens is 368 g/mol. The third kappa shape index (κ3) is 3.64. The number of ether oxygens (including phenoxy) is 2. The van der Waals surface area contributed by atoms with E-state index in [4.69, 9.17) is 9.47 Å². The molecule has 0 saturated heterocycles. The Balaban J connectivity index is 1.69. The quantitative estimate of drug-likeness (QED) is 0.639. The zero-order valence-electron chi connectivity index (χ0n) is 17.1. The van der Waals surface area contributed by atoms with Crippen molar-refractivity contribution in [1.29, 1.82) is 0 Å². The van der Waals surface area contributed by atoms with E-state index in [1.54, 1.807) is 26.7 Å². The van der Waals surface area contributed by atoms with Gasteiger partial charge in [0.15, 0.2) is 17.1 Å². The zero-order valence-corrected chi connectivity index (χ0v) is 17.1. The van der Waals surface area contributed by atoms with Crippen molar-refractivity contribution in [1.82, 2.24) is 19.4 Å². The number of hydrogen-bond donors (Lipinski definition) is 0. The lowest BCUT2D eigenvalue weighted by Crippen LogP contribution is -2.38. The van der Waals surface area contributed by atoms with E-state index in [1.165, 1.54) is 0 Å². The van der Waals surface area contributed by atoms with E-state index in [1.807, 2.05) is 40.8 Å². The summed E-state index contributed by atoms with van der Waals surface area (Å²) in [5.74, 6) is 1.31. The van der Waals surface area contributed by atoms with Crippen molar-refractivity contribution >= 4 is 17.1 Å². The van der Waals surface area contributed by atoms with E-state index in [0.717, 1.165) is 42.4 Å². The highest BCUT2D eigenvalue weighted by atomic mass is 16.5. The number of aromatic nitrogens is 3. The molecule has 1 aliphatic carbocycles. The van der Waals surface area contributed by atoms with Crippen molar-refractivity contribution in [3.05, 3.63) is 47.9 Å². The van der Waals surface area contributed by atoms with Gasteiger partial charge in [-0.2, -0.15) is 0 Å². The number of benzene rings is 1. The molecule has 0 radical (unpaired) electrons. The van der Waals surface area contributed by atoms with Crippen LogP contribution < -0.4 is 9.47 Å². The van der Waals surface area contributed by atoms with Gasteiger partial charge in [-0.05, 0) is 25.0 Å². The highest BCUT2D eigenvalue weighted by molar-refractivity contribution is 5.96. The average Bonchev–Trinajstić information content (AvgIpc) is 3.41. The number of aryl methyl sites for hydroxylation is 1. The summed E-state index contributed by atoms with van der Waals surface area (Å²) in [6.07, 6.45) is 7.66. The van der Waals surface area contributed by atoms with E-state index in [2.05, 4.69) is 9.97 Å². The molecule has 0 atom stereocenters. The number of carbonyl (C=O) groups excluding carboxylic acids is 1. The number of pyridine rings is 1. The fourth-order valence-electron chi connectivity index (χ4n) is 4.14. The van der Waals surface area contributed by atoms with Crippen LogP contribution in [0.4, 0.5) is 0 Å². The number of methoxy groups -OCH3 is 2. The maximum absolute atomic E-state index is 13.5. The van der Waals surface area contributed by atoms with E-state index in [9.17, 15) is 4.79 Å². The van der Waals surface area contributed by atoms with Crippen LogP contribution in [0.3, 0.4) is 0 Å². The maximum atomic E-state index is 13.5. The van der Waals surface area contributed by atoms with Crippen LogP contribution in [0.1, 0.15) is 41.6 Å². The normalized spacial score (nSPS) is 14.3. The minimum Gasteiger partial charge on any atom is -0.493 e. The van der Waals surface area contributed by atoms with Crippen molar-refractivity contribution < 1.29 is 14.3 Å². The van der Waals surface area contributed by atoms with Gasteiger partial charge in [0.1, 0.15) is 5.52 Å². The molecule has 0 bridgehead atoms. The van der Waals surface area contributed by atoms with E-state index >= 15 is 0 Å². The van der Waals surface area contributed by atoms with Crippen LogP contribution in [-0.2, 0) is 13.6 Å². The van der Waals surface area contributed by atoms with Gasteiger partial charge in [0, 0.05) is 24.8 Å². The third-order valence-electron chi connectivity index (χ3n) is 5.65. The van der Waals surface area contributed by atoms with Crippen LogP contribution in [0, 0.1) is 0 Å². The van der Waals surface area contributed by atoms with Gasteiger partial charge in [-0.25, -0.2) is 9.97 Å². The van der Waals surface area contributed by atoms with Crippen molar-refractivity contribution in [2.45, 2.75) is 38.3 Å². The van der Waals surface area contributed by atoms with Crippen LogP contribution in [-0.4, -0.2) is 45.6 Å². The average molecular weight is 394 g/mol. The summed E-state index contributed by atoms with van der Waals surface area (Å²) in [7, 11) is 5.14. The summed E-state index contributed by atoms with van der Waals surface area (Å²) in [6, 6.07) is 7.81. The Morgan fingerprint density at radius 2 is 2.00 bits per heavy atom. The Labute approximate surface area is 170 Å². The first kappa shape index (κ1) is 19.2. The van der Waals surface area contributed by atoms with E-state index in [0.29, 0.717) is 23.6 Å². The summed E-state index contributed by atoms with van der Waals surface area (Å²) in [4.78, 5) is 24.3. The number of imidazole rings is 1. The second-order valence-corrected chi connectivity index (χ2v) is 7.45. The summed E-state index contributed by atoms with van der Waals surface area (Å²) >= 11 is 0. The molecule has 0 N–H and O–H groups in total. The molecule has 0 unspecified atom stereocenters. The van der Waals surface area contributed by atoms with Crippen LogP contribution in [0.2, 0.25) is 0 Å². The standard InChI is InChI=1S/C22H26N4O3/c1-25-14-24-18-11-16(12-23-21(18)25)22(27)26(17-8-4-5-9-17)13-15-7-6-10-19(28-2)20(15)29-3/h6-7,10-12,14,17H,4-5,8-9,13H2,1-3H3. The smallest absolute Gasteiger partial charge is 0.256 e. The molecule has 1 amide bonds. The molecule has 4 rings (SSSR count). The zero-order chi connectivity index (χ0) is 20.4. The Morgan fingerprint density at radius 3 is 2.72 bits per heavy atom. The number of rotatable bonds is 6. The molecule has 152 valence electrons. The van der Waals surface area contributed by atoms with Crippen LogP contribution >= 0.6 is 0 Å². The summed E-state index contributed by atoms with van der Waals surface area (Å²) in [6.45, 7) is 0.462. The second-order valence-electron chi connectivity index (χ2n) is 7.45. The molecule has 0 spiro atoms. The SMILES string of the molecule is COc1cccc(CN(C(=O)c2cnc3c(c2)ncn3C)C2CCCC2)c1OC. The molecule has 1 fully saturated rings. The van der Waals surface area contributed by atoms with Crippen molar-refractivity contribution in [2.24, 2.45) is 7.05 Å². The van der Waals surface area contributed by atoms with Crippen LogP contribution in [0.15, 0.2) is 36.8 Å². The molecule has 2 heterocycles. The van der Waals surface area contributed by atoms with Gasteiger partial charge in [-0.15, -0.1) is 0 Å². The Hall–Kier alpha value is -3.09. The van der Waals surface area contributed by atoms with Crippen molar-refractivity contribution in [2.75, 3.05) is 14.2 Å². The van der Waals surface area contributed by atoms with Gasteiger partial charge in [-0.3, -0.25) is 4.79 Å². The summed E-state index contributed by atoms with van der Waals surface area (Å²) < 4.78 is 12.9. The molecule has 1 aliphatic rings. The summed E-state index contributed by atoms with van der Waals surface area (Å²) in [5, 5.41) is 0. The largest absolute Gasteiger partial charge is 0.493 e. The third-order valence-corrected chi connectivity index (χ3v) is 5.65. The van der Waals surface area contributed by atoms with Gasteiger partial charge < -0.3 is 18.9 Å². The minimum atomic E-state index is -0.0261. The molecule has 1 saturated carbocycles. The fourth-order valence-corrected chi connectivity index (χ4v) is 4.14. The summed E-state index contributed by atoms with van der Waals surface area (Å²) in [5.41, 5.74) is 2.98. The molecule has 29 heavy (non-hydrogen) atoms.